The third-order valence-corrected chi connectivity index (χ3v) is 1.96. The highest BCUT2D eigenvalue weighted by Gasteiger charge is 2.00. The Labute approximate surface area is 84.2 Å². The predicted molar refractivity (Wildman–Crippen MR) is 55.4 cm³/mol. The van der Waals surface area contributed by atoms with Crippen LogP contribution in [0.25, 0.3) is 0 Å². The Bertz CT molecular complexity index is 278. The first-order valence-corrected chi connectivity index (χ1v) is 4.78. The van der Waals surface area contributed by atoms with E-state index < -0.39 is 0 Å². The summed E-state index contributed by atoms with van der Waals surface area (Å²) >= 11 is 0. The van der Waals surface area contributed by atoms with Crippen molar-refractivity contribution in [3.8, 4) is 5.75 Å². The normalized spacial score (nSPS) is 10.2. The van der Waals surface area contributed by atoms with Gasteiger partial charge < -0.3 is 4.84 Å². The Balaban J connectivity index is 2.63. The van der Waals surface area contributed by atoms with Gasteiger partial charge in [0.25, 0.3) is 0 Å². The summed E-state index contributed by atoms with van der Waals surface area (Å²) in [4.78, 5) is 15.9. The van der Waals surface area contributed by atoms with Crippen molar-refractivity contribution in [1.29, 1.82) is 0 Å². The van der Waals surface area contributed by atoms with Crippen LogP contribution in [0.1, 0.15) is 24.2 Å². The summed E-state index contributed by atoms with van der Waals surface area (Å²) in [6.45, 7) is 5.74. The van der Waals surface area contributed by atoms with Crippen LogP contribution in [0.2, 0.25) is 0 Å². The molecule has 3 heteroatoms. The van der Waals surface area contributed by atoms with Gasteiger partial charge in [-0.3, -0.25) is 4.79 Å². The molecule has 0 spiro atoms. The molecule has 1 aromatic rings. The number of carbonyl (C=O) groups excluding carboxylic acids is 1. The maximum Gasteiger partial charge on any atom is 0.150 e. The van der Waals surface area contributed by atoms with E-state index in [2.05, 4.69) is 0 Å². The van der Waals surface area contributed by atoms with Gasteiger partial charge in [0.1, 0.15) is 12.0 Å². The average Bonchev–Trinajstić information content (AvgIpc) is 2.26. The standard InChI is InChI=1S/C11H15NO2/c1-3-12(4-2)14-11-7-5-10(9-13)6-8-11/h5-9H,3-4H2,1-2H3. The van der Waals surface area contributed by atoms with E-state index in [1.165, 1.54) is 0 Å². The third-order valence-electron chi connectivity index (χ3n) is 1.96. The molecule has 76 valence electrons. The fraction of sp³-hybridized carbons (Fsp3) is 0.364. The average molecular weight is 193 g/mol. The van der Waals surface area contributed by atoms with Crippen molar-refractivity contribution in [2.24, 2.45) is 0 Å². The predicted octanol–water partition coefficient (Wildman–Crippen LogP) is 2.13. The molecule has 0 unspecified atom stereocenters. The Hall–Kier alpha value is -1.35. The molecule has 0 bridgehead atoms. The van der Waals surface area contributed by atoms with E-state index in [4.69, 9.17) is 4.84 Å². The molecule has 0 aliphatic rings. The molecular weight excluding hydrogens is 178 g/mol. The first-order chi connectivity index (χ1) is 6.80. The minimum atomic E-state index is 0.664. The molecule has 1 aromatic carbocycles. The zero-order chi connectivity index (χ0) is 10.4. The van der Waals surface area contributed by atoms with Crippen molar-refractivity contribution < 1.29 is 9.63 Å². The molecule has 0 heterocycles. The van der Waals surface area contributed by atoms with Crippen LogP contribution in [-0.4, -0.2) is 24.4 Å². The lowest BCUT2D eigenvalue weighted by atomic mass is 10.2. The topological polar surface area (TPSA) is 29.5 Å². The summed E-state index contributed by atoms with van der Waals surface area (Å²) in [6, 6.07) is 7.07. The fourth-order valence-corrected chi connectivity index (χ4v) is 1.11. The van der Waals surface area contributed by atoms with Crippen LogP contribution in [0.5, 0.6) is 5.75 Å². The molecule has 0 radical (unpaired) electrons. The lowest BCUT2D eigenvalue weighted by Gasteiger charge is -2.18. The van der Waals surface area contributed by atoms with E-state index in [0.717, 1.165) is 25.1 Å². The highest BCUT2D eigenvalue weighted by atomic mass is 16.7. The molecule has 1 rings (SSSR count). The van der Waals surface area contributed by atoms with Crippen LogP contribution in [0.15, 0.2) is 24.3 Å². The molecule has 0 aliphatic carbocycles. The van der Waals surface area contributed by atoms with E-state index in [-0.39, 0.29) is 0 Å². The molecule has 0 aliphatic heterocycles. The highest BCUT2D eigenvalue weighted by Crippen LogP contribution is 2.12. The van der Waals surface area contributed by atoms with Gasteiger partial charge in [-0.15, -0.1) is 5.06 Å². The van der Waals surface area contributed by atoms with Crippen molar-refractivity contribution in [3.63, 3.8) is 0 Å². The Morgan fingerprint density at radius 2 is 1.79 bits per heavy atom. The summed E-state index contributed by atoms with van der Waals surface area (Å²) in [7, 11) is 0. The van der Waals surface area contributed by atoms with Crippen molar-refractivity contribution in [1.82, 2.24) is 5.06 Å². The quantitative estimate of drug-likeness (QED) is 0.530. The molecule has 0 fully saturated rings. The number of hydrogen-bond donors (Lipinski definition) is 0. The number of carbonyl (C=O) groups is 1. The van der Waals surface area contributed by atoms with Gasteiger partial charge in [-0.1, -0.05) is 0 Å². The van der Waals surface area contributed by atoms with Crippen LogP contribution in [0.4, 0.5) is 0 Å². The van der Waals surface area contributed by atoms with Crippen molar-refractivity contribution in [3.05, 3.63) is 29.8 Å². The smallest absolute Gasteiger partial charge is 0.150 e. The molecule has 14 heavy (non-hydrogen) atoms. The van der Waals surface area contributed by atoms with Crippen LogP contribution in [-0.2, 0) is 0 Å². The molecule has 0 N–H and O–H groups in total. The second kappa shape index (κ2) is 5.40. The molecular formula is C11H15NO2. The second-order valence-corrected chi connectivity index (χ2v) is 2.89. The van der Waals surface area contributed by atoms with Crippen LogP contribution < -0.4 is 4.84 Å². The molecule has 3 nitrogen and oxygen atoms in total. The second-order valence-electron chi connectivity index (χ2n) is 2.89. The Kier molecular flexibility index (Phi) is 4.13. The zero-order valence-electron chi connectivity index (χ0n) is 8.56. The van der Waals surface area contributed by atoms with Gasteiger partial charge >= 0.3 is 0 Å². The number of rotatable bonds is 5. The zero-order valence-corrected chi connectivity index (χ0v) is 8.56. The Morgan fingerprint density at radius 1 is 1.21 bits per heavy atom. The number of nitrogens with zero attached hydrogens (tertiary/aromatic N) is 1. The van der Waals surface area contributed by atoms with E-state index in [1.807, 2.05) is 18.9 Å². The first-order valence-electron chi connectivity index (χ1n) is 4.78. The van der Waals surface area contributed by atoms with Gasteiger partial charge in [-0.05, 0) is 38.1 Å². The minimum absolute atomic E-state index is 0.664. The van der Waals surface area contributed by atoms with Gasteiger partial charge in [0, 0.05) is 18.7 Å². The summed E-state index contributed by atoms with van der Waals surface area (Å²) in [6.07, 6.45) is 0.821. The monoisotopic (exact) mass is 193 g/mol. The largest absolute Gasteiger partial charge is 0.406 e. The summed E-state index contributed by atoms with van der Waals surface area (Å²) < 4.78 is 0. The van der Waals surface area contributed by atoms with Gasteiger partial charge in [-0.25, -0.2) is 0 Å². The van der Waals surface area contributed by atoms with Gasteiger partial charge in [0.2, 0.25) is 0 Å². The van der Waals surface area contributed by atoms with Crippen LogP contribution in [0, 0.1) is 0 Å². The van der Waals surface area contributed by atoms with Crippen LogP contribution in [0.3, 0.4) is 0 Å². The molecule has 0 amide bonds. The van der Waals surface area contributed by atoms with Crippen molar-refractivity contribution in [2.45, 2.75) is 13.8 Å². The van der Waals surface area contributed by atoms with E-state index >= 15 is 0 Å². The number of aldehydes is 1. The van der Waals surface area contributed by atoms with Gasteiger partial charge in [0.15, 0.2) is 0 Å². The molecule has 0 saturated carbocycles. The van der Waals surface area contributed by atoms with Gasteiger partial charge in [0.05, 0.1) is 0 Å². The summed E-state index contributed by atoms with van der Waals surface area (Å²) in [5.74, 6) is 0.763. The first kappa shape index (κ1) is 10.7. The number of hydroxylamine groups is 2. The molecule has 0 atom stereocenters. The summed E-state index contributed by atoms with van der Waals surface area (Å²) in [5.41, 5.74) is 0.664. The minimum Gasteiger partial charge on any atom is -0.406 e. The fourth-order valence-electron chi connectivity index (χ4n) is 1.11. The van der Waals surface area contributed by atoms with E-state index in [1.54, 1.807) is 24.3 Å². The highest BCUT2D eigenvalue weighted by molar-refractivity contribution is 5.74. The van der Waals surface area contributed by atoms with E-state index in [0.29, 0.717) is 5.56 Å². The van der Waals surface area contributed by atoms with Crippen molar-refractivity contribution >= 4 is 6.29 Å². The maximum atomic E-state index is 10.4. The van der Waals surface area contributed by atoms with Crippen molar-refractivity contribution in [2.75, 3.05) is 13.1 Å². The molecule has 0 aromatic heterocycles. The molecule has 0 saturated heterocycles. The lowest BCUT2D eigenvalue weighted by Crippen LogP contribution is -2.26. The van der Waals surface area contributed by atoms with E-state index in [9.17, 15) is 4.79 Å². The third kappa shape index (κ3) is 2.85. The number of hydrogen-bond acceptors (Lipinski definition) is 3. The van der Waals surface area contributed by atoms with Crippen LogP contribution >= 0.6 is 0 Å². The Morgan fingerprint density at radius 3 is 2.21 bits per heavy atom. The summed E-state index contributed by atoms with van der Waals surface area (Å²) in [5, 5.41) is 1.84. The maximum absolute atomic E-state index is 10.4. The number of benzene rings is 1. The lowest BCUT2D eigenvalue weighted by molar-refractivity contribution is -0.0486. The SMILES string of the molecule is CCN(CC)Oc1ccc(C=O)cc1. The van der Waals surface area contributed by atoms with Gasteiger partial charge in [-0.2, -0.15) is 0 Å².